The number of aliphatic carboxylic acids is 1. The Balaban J connectivity index is -0.000000242. The van der Waals surface area contributed by atoms with Gasteiger partial charge in [0.15, 0.2) is 0 Å². The molecule has 0 fully saturated rings. The summed E-state index contributed by atoms with van der Waals surface area (Å²) < 4.78 is 4.43. The number of carboxylic acid groups (broad SMARTS) is 1. The molecule has 0 saturated carbocycles. The van der Waals surface area contributed by atoms with Crippen molar-refractivity contribution in [1.82, 2.24) is 5.32 Å². The van der Waals surface area contributed by atoms with Crippen LogP contribution in [0.3, 0.4) is 0 Å². The van der Waals surface area contributed by atoms with Crippen LogP contribution >= 0.6 is 0 Å². The van der Waals surface area contributed by atoms with Gasteiger partial charge in [-0.2, -0.15) is 0 Å². The van der Waals surface area contributed by atoms with Gasteiger partial charge in [0.2, 0.25) is 5.91 Å². The van der Waals surface area contributed by atoms with E-state index in [0.717, 1.165) is 12.2 Å². The summed E-state index contributed by atoms with van der Waals surface area (Å²) in [6, 6.07) is 0. The van der Waals surface area contributed by atoms with Crippen LogP contribution in [0.15, 0.2) is 38.0 Å². The normalized spacial score (nSPS) is 8.57. The van der Waals surface area contributed by atoms with E-state index in [0.29, 0.717) is 6.61 Å². The Morgan fingerprint density at radius 2 is 1.52 bits per heavy atom. The highest BCUT2D eigenvalue weighted by Crippen LogP contribution is 1.97. The molecule has 0 bridgehead atoms. The lowest BCUT2D eigenvalue weighted by Gasteiger charge is -2.18. The fraction of sp³-hybridized carbons (Fsp3) is 0.400. The van der Waals surface area contributed by atoms with Gasteiger partial charge in [0.25, 0.3) is 0 Å². The molecule has 1 amide bonds. The largest absolute Gasteiger partial charge is 0.478 e. The third kappa shape index (κ3) is 31.8. The highest BCUT2D eigenvalue weighted by atomic mass is 16.5. The minimum absolute atomic E-state index is 0.123. The molecule has 0 heterocycles. The highest BCUT2D eigenvalue weighted by Gasteiger charge is 2.10. The summed E-state index contributed by atoms with van der Waals surface area (Å²) in [7, 11) is 0. The van der Waals surface area contributed by atoms with E-state index < -0.39 is 5.97 Å². The molecule has 0 atom stereocenters. The van der Waals surface area contributed by atoms with E-state index in [9.17, 15) is 14.4 Å². The average Bonchev–Trinajstić information content (AvgIpc) is 2.38. The monoisotopic (exact) mass is 299 g/mol. The molecule has 0 rings (SSSR count). The number of nitrogens with one attached hydrogen (secondary N) is 1. The molecule has 0 aromatic rings. The summed E-state index contributed by atoms with van der Waals surface area (Å²) in [5.74, 6) is -1.46. The van der Waals surface area contributed by atoms with Crippen molar-refractivity contribution < 1.29 is 24.2 Å². The summed E-state index contributed by atoms with van der Waals surface area (Å²) >= 11 is 0. The number of hydrogen-bond acceptors (Lipinski definition) is 4. The van der Waals surface area contributed by atoms with Crippen LogP contribution in [0.5, 0.6) is 0 Å². The van der Waals surface area contributed by atoms with Crippen molar-refractivity contribution >= 4 is 17.8 Å². The lowest BCUT2D eigenvalue weighted by Crippen LogP contribution is -2.39. The van der Waals surface area contributed by atoms with Crippen molar-refractivity contribution in [3.8, 4) is 0 Å². The van der Waals surface area contributed by atoms with Crippen LogP contribution in [-0.2, 0) is 19.1 Å². The standard InChI is InChI=1S/C7H13NO.C5H8O2.C3H4O2/c1-5-6(9)8-7(2,3)4;1-3-5(6)7-4-2;1-2-3(4)5/h5H,1H2,2-4H3,(H,8,9);3H,1,4H2,2H3;2H,1H2,(H,4,5). The molecule has 0 saturated heterocycles. The zero-order chi connectivity index (χ0) is 17.5. The van der Waals surface area contributed by atoms with E-state index in [2.05, 4.69) is 29.8 Å². The second-order valence-corrected chi connectivity index (χ2v) is 4.44. The fourth-order valence-electron chi connectivity index (χ4n) is 0.622. The molecular weight excluding hydrogens is 274 g/mol. The summed E-state index contributed by atoms with van der Waals surface area (Å²) in [5, 5.41) is 10.3. The molecule has 0 radical (unpaired) electrons. The van der Waals surface area contributed by atoms with Crippen LogP contribution in [0.2, 0.25) is 0 Å². The van der Waals surface area contributed by atoms with Crippen LogP contribution in [0, 0.1) is 0 Å². The minimum atomic E-state index is -0.981. The predicted octanol–water partition coefficient (Wildman–Crippen LogP) is 2.08. The van der Waals surface area contributed by atoms with Gasteiger partial charge in [-0.3, -0.25) is 4.79 Å². The van der Waals surface area contributed by atoms with Gasteiger partial charge >= 0.3 is 11.9 Å². The Hall–Kier alpha value is -2.37. The second kappa shape index (κ2) is 14.0. The van der Waals surface area contributed by atoms with Crippen LogP contribution < -0.4 is 5.32 Å². The SMILES string of the molecule is C=CC(=O)NC(C)(C)C.C=CC(=O)O.C=CC(=O)OCC. The number of esters is 1. The number of amides is 1. The number of rotatable bonds is 4. The van der Waals surface area contributed by atoms with Gasteiger partial charge in [-0.25, -0.2) is 9.59 Å². The van der Waals surface area contributed by atoms with Crippen LogP contribution in [-0.4, -0.2) is 35.1 Å². The third-order valence-corrected chi connectivity index (χ3v) is 1.31. The first kappa shape index (κ1) is 23.7. The highest BCUT2D eigenvalue weighted by molar-refractivity contribution is 5.87. The lowest BCUT2D eigenvalue weighted by molar-refractivity contribution is -0.137. The van der Waals surface area contributed by atoms with E-state index in [1.165, 1.54) is 6.08 Å². The van der Waals surface area contributed by atoms with Crippen LogP contribution in [0.1, 0.15) is 27.7 Å². The van der Waals surface area contributed by atoms with Gasteiger partial charge in [-0.1, -0.05) is 19.7 Å². The lowest BCUT2D eigenvalue weighted by atomic mass is 10.1. The Kier molecular flexibility index (Phi) is 15.9. The van der Waals surface area contributed by atoms with Crippen molar-refractivity contribution in [2.45, 2.75) is 33.2 Å². The van der Waals surface area contributed by atoms with Gasteiger partial charge in [0, 0.05) is 17.7 Å². The van der Waals surface area contributed by atoms with Crippen molar-refractivity contribution in [3.05, 3.63) is 38.0 Å². The topological polar surface area (TPSA) is 92.7 Å². The molecule has 0 aliphatic carbocycles. The molecule has 6 heteroatoms. The second-order valence-electron chi connectivity index (χ2n) is 4.44. The summed E-state index contributed by atoms with van der Waals surface area (Å²) in [4.78, 5) is 29.9. The van der Waals surface area contributed by atoms with E-state index >= 15 is 0 Å². The number of carboxylic acids is 1. The summed E-state index contributed by atoms with van der Waals surface area (Å²) in [5.41, 5.74) is -0.148. The Bertz CT molecular complexity index is 367. The molecule has 6 nitrogen and oxygen atoms in total. The quantitative estimate of drug-likeness (QED) is 0.612. The fourth-order valence-corrected chi connectivity index (χ4v) is 0.622. The maximum Gasteiger partial charge on any atom is 0.330 e. The van der Waals surface area contributed by atoms with Crippen molar-refractivity contribution in [3.63, 3.8) is 0 Å². The predicted molar refractivity (Wildman–Crippen MR) is 82.8 cm³/mol. The Morgan fingerprint density at radius 1 is 1.10 bits per heavy atom. The van der Waals surface area contributed by atoms with Crippen molar-refractivity contribution in [1.29, 1.82) is 0 Å². The zero-order valence-corrected chi connectivity index (χ0v) is 13.1. The number of carbonyl (C=O) groups is 3. The van der Waals surface area contributed by atoms with Crippen LogP contribution in [0.4, 0.5) is 0 Å². The van der Waals surface area contributed by atoms with Gasteiger partial charge in [-0.05, 0) is 33.8 Å². The van der Waals surface area contributed by atoms with Gasteiger partial charge in [0.05, 0.1) is 6.61 Å². The number of carbonyl (C=O) groups excluding carboxylic acids is 2. The molecule has 0 aliphatic heterocycles. The molecule has 0 spiro atoms. The Morgan fingerprint density at radius 3 is 1.62 bits per heavy atom. The first-order valence-electron chi connectivity index (χ1n) is 6.13. The molecule has 0 aromatic heterocycles. The molecule has 0 unspecified atom stereocenters. The molecule has 0 aromatic carbocycles. The van der Waals surface area contributed by atoms with E-state index in [1.54, 1.807) is 6.92 Å². The van der Waals surface area contributed by atoms with E-state index in [-0.39, 0.29) is 17.4 Å². The first-order chi connectivity index (χ1) is 9.53. The van der Waals surface area contributed by atoms with Gasteiger partial charge in [-0.15, -0.1) is 0 Å². The minimum Gasteiger partial charge on any atom is -0.478 e. The molecule has 120 valence electrons. The molecule has 21 heavy (non-hydrogen) atoms. The number of hydrogen-bond donors (Lipinski definition) is 2. The van der Waals surface area contributed by atoms with Crippen molar-refractivity contribution in [2.75, 3.05) is 6.61 Å². The summed E-state index contributed by atoms with van der Waals surface area (Å²) in [6.07, 6.45) is 3.24. The van der Waals surface area contributed by atoms with E-state index in [4.69, 9.17) is 5.11 Å². The summed E-state index contributed by atoms with van der Waals surface area (Å²) in [6.45, 7) is 17.4. The van der Waals surface area contributed by atoms with Gasteiger partial charge < -0.3 is 15.2 Å². The Labute approximate surface area is 126 Å². The maximum atomic E-state index is 10.6. The molecule has 2 N–H and O–H groups in total. The number of ether oxygens (including phenoxy) is 1. The maximum absolute atomic E-state index is 10.6. The molecule has 0 aliphatic rings. The third-order valence-electron chi connectivity index (χ3n) is 1.31. The van der Waals surface area contributed by atoms with Crippen LogP contribution in [0.25, 0.3) is 0 Å². The van der Waals surface area contributed by atoms with Gasteiger partial charge in [0.1, 0.15) is 0 Å². The zero-order valence-electron chi connectivity index (χ0n) is 13.1. The smallest absolute Gasteiger partial charge is 0.330 e. The first-order valence-corrected chi connectivity index (χ1v) is 6.13. The average molecular weight is 299 g/mol. The van der Waals surface area contributed by atoms with E-state index in [1.807, 2.05) is 20.8 Å². The van der Waals surface area contributed by atoms with Crippen molar-refractivity contribution in [2.24, 2.45) is 0 Å². The molecular formula is C15H25NO5.